The van der Waals surface area contributed by atoms with Crippen LogP contribution in [-0.4, -0.2) is 26.7 Å². The Balaban J connectivity index is 2.25. The summed E-state index contributed by atoms with van der Waals surface area (Å²) in [6.45, 7) is 5.92. The van der Waals surface area contributed by atoms with E-state index in [4.69, 9.17) is 0 Å². The fraction of sp³-hybridized carbons (Fsp3) is 1.00. The summed E-state index contributed by atoms with van der Waals surface area (Å²) in [5, 5.41) is 6.64. The van der Waals surface area contributed by atoms with E-state index in [1.165, 1.54) is 19.5 Å². The van der Waals surface area contributed by atoms with Crippen LogP contribution < -0.4 is 10.6 Å². The normalized spacial score (nSPS) is 34.2. The highest BCUT2D eigenvalue weighted by Gasteiger charge is 2.19. The van der Waals surface area contributed by atoms with Crippen LogP contribution in [0.5, 0.6) is 0 Å². The van der Waals surface area contributed by atoms with Gasteiger partial charge in [-0.25, -0.2) is 0 Å². The van der Waals surface area contributed by atoms with E-state index in [1.54, 1.807) is 0 Å². The first-order valence-electron chi connectivity index (χ1n) is 4.20. The first-order chi connectivity index (χ1) is 4.84. The molecule has 0 aromatic carbocycles. The van der Waals surface area contributed by atoms with Crippen LogP contribution in [0, 0.1) is 11.8 Å². The van der Waals surface area contributed by atoms with Gasteiger partial charge in [0.25, 0.3) is 0 Å². The van der Waals surface area contributed by atoms with Gasteiger partial charge in [0.15, 0.2) is 0 Å². The Morgan fingerprint density at radius 1 is 1.60 bits per heavy atom. The molecule has 1 aliphatic heterocycles. The van der Waals surface area contributed by atoms with Crippen molar-refractivity contribution in [1.29, 1.82) is 0 Å². The SMILES string of the molecule is CNCC1CNCCC1C. The second kappa shape index (κ2) is 3.94. The van der Waals surface area contributed by atoms with E-state index in [1.807, 2.05) is 7.05 Å². The number of piperidine rings is 1. The molecule has 2 N–H and O–H groups in total. The molecule has 0 amide bonds. The van der Waals surface area contributed by atoms with E-state index in [2.05, 4.69) is 17.6 Å². The Kier molecular flexibility index (Phi) is 3.16. The van der Waals surface area contributed by atoms with Crippen molar-refractivity contribution in [3.63, 3.8) is 0 Å². The fourth-order valence-electron chi connectivity index (χ4n) is 1.59. The zero-order valence-electron chi connectivity index (χ0n) is 6.98. The van der Waals surface area contributed by atoms with Gasteiger partial charge in [-0.2, -0.15) is 0 Å². The monoisotopic (exact) mass is 142 g/mol. The van der Waals surface area contributed by atoms with E-state index in [-0.39, 0.29) is 0 Å². The van der Waals surface area contributed by atoms with Crippen LogP contribution >= 0.6 is 0 Å². The molecular formula is C8H18N2. The quantitative estimate of drug-likeness (QED) is 0.585. The molecule has 1 saturated heterocycles. The molecule has 60 valence electrons. The van der Waals surface area contributed by atoms with Crippen LogP contribution in [0.15, 0.2) is 0 Å². The molecule has 0 spiro atoms. The molecule has 0 aromatic heterocycles. The third-order valence-corrected chi connectivity index (χ3v) is 2.45. The lowest BCUT2D eigenvalue weighted by Crippen LogP contribution is -2.40. The molecule has 2 unspecified atom stereocenters. The molecule has 0 bridgehead atoms. The zero-order valence-corrected chi connectivity index (χ0v) is 6.98. The second-order valence-electron chi connectivity index (χ2n) is 3.29. The Hall–Kier alpha value is -0.0800. The van der Waals surface area contributed by atoms with Gasteiger partial charge in [0.2, 0.25) is 0 Å². The van der Waals surface area contributed by atoms with Crippen molar-refractivity contribution in [3.05, 3.63) is 0 Å². The van der Waals surface area contributed by atoms with Crippen LogP contribution in [0.2, 0.25) is 0 Å². The van der Waals surface area contributed by atoms with E-state index in [9.17, 15) is 0 Å². The molecule has 10 heavy (non-hydrogen) atoms. The minimum absolute atomic E-state index is 0.846. The largest absolute Gasteiger partial charge is 0.319 e. The molecule has 2 nitrogen and oxygen atoms in total. The number of rotatable bonds is 2. The predicted octanol–water partition coefficient (Wildman–Crippen LogP) is 0.451. The molecule has 0 saturated carbocycles. The van der Waals surface area contributed by atoms with E-state index in [0.29, 0.717) is 0 Å². The maximum absolute atomic E-state index is 3.41. The van der Waals surface area contributed by atoms with Gasteiger partial charge in [0.05, 0.1) is 0 Å². The second-order valence-corrected chi connectivity index (χ2v) is 3.29. The summed E-state index contributed by atoms with van der Waals surface area (Å²) < 4.78 is 0. The van der Waals surface area contributed by atoms with Crippen molar-refractivity contribution in [2.45, 2.75) is 13.3 Å². The van der Waals surface area contributed by atoms with E-state index in [0.717, 1.165) is 18.4 Å². The van der Waals surface area contributed by atoms with Crippen molar-refractivity contribution < 1.29 is 0 Å². The number of hydrogen-bond donors (Lipinski definition) is 2. The molecule has 0 radical (unpaired) electrons. The van der Waals surface area contributed by atoms with Gasteiger partial charge in [-0.3, -0.25) is 0 Å². The highest BCUT2D eigenvalue weighted by molar-refractivity contribution is 4.75. The highest BCUT2D eigenvalue weighted by Crippen LogP contribution is 2.16. The molecule has 2 heteroatoms. The summed E-state index contributed by atoms with van der Waals surface area (Å²) in [5.41, 5.74) is 0. The fourth-order valence-corrected chi connectivity index (χ4v) is 1.59. The third kappa shape index (κ3) is 1.96. The summed E-state index contributed by atoms with van der Waals surface area (Å²) in [6.07, 6.45) is 1.34. The topological polar surface area (TPSA) is 24.1 Å². The van der Waals surface area contributed by atoms with Gasteiger partial charge < -0.3 is 10.6 Å². The van der Waals surface area contributed by atoms with Gasteiger partial charge in [-0.05, 0) is 44.9 Å². The highest BCUT2D eigenvalue weighted by atomic mass is 14.9. The molecule has 1 rings (SSSR count). The van der Waals surface area contributed by atoms with Crippen LogP contribution in [0.4, 0.5) is 0 Å². The molecule has 1 aliphatic rings. The average molecular weight is 142 g/mol. The Morgan fingerprint density at radius 2 is 2.40 bits per heavy atom. The molecule has 0 aliphatic carbocycles. The van der Waals surface area contributed by atoms with Crippen molar-refractivity contribution in [2.75, 3.05) is 26.7 Å². The lowest BCUT2D eigenvalue weighted by atomic mass is 9.88. The van der Waals surface area contributed by atoms with Gasteiger partial charge in [-0.15, -0.1) is 0 Å². The lowest BCUT2D eigenvalue weighted by molar-refractivity contribution is 0.270. The summed E-state index contributed by atoms with van der Waals surface area (Å²) in [4.78, 5) is 0. The Bertz CT molecular complexity index is 91.3. The molecule has 1 fully saturated rings. The number of hydrogen-bond acceptors (Lipinski definition) is 2. The van der Waals surface area contributed by atoms with Crippen molar-refractivity contribution in [2.24, 2.45) is 11.8 Å². The minimum Gasteiger partial charge on any atom is -0.319 e. The van der Waals surface area contributed by atoms with Crippen molar-refractivity contribution in [3.8, 4) is 0 Å². The first kappa shape index (κ1) is 8.02. The summed E-state index contributed by atoms with van der Waals surface area (Å²) >= 11 is 0. The van der Waals surface area contributed by atoms with Crippen LogP contribution in [0.3, 0.4) is 0 Å². The van der Waals surface area contributed by atoms with Gasteiger partial charge in [0, 0.05) is 0 Å². The standard InChI is InChI=1S/C8H18N2/c1-7-3-4-10-6-8(7)5-9-2/h7-10H,3-6H2,1-2H3. The molecule has 2 atom stereocenters. The predicted molar refractivity (Wildman–Crippen MR) is 44.1 cm³/mol. The van der Waals surface area contributed by atoms with E-state index < -0.39 is 0 Å². The summed E-state index contributed by atoms with van der Waals surface area (Å²) in [6, 6.07) is 0. The Morgan fingerprint density at radius 3 is 3.00 bits per heavy atom. The lowest BCUT2D eigenvalue weighted by Gasteiger charge is -2.29. The van der Waals surface area contributed by atoms with Crippen LogP contribution in [0.25, 0.3) is 0 Å². The zero-order chi connectivity index (χ0) is 7.40. The van der Waals surface area contributed by atoms with Crippen molar-refractivity contribution >= 4 is 0 Å². The smallest absolute Gasteiger partial charge is 0.000582 e. The van der Waals surface area contributed by atoms with Gasteiger partial charge in [0.1, 0.15) is 0 Å². The van der Waals surface area contributed by atoms with Crippen molar-refractivity contribution in [1.82, 2.24) is 10.6 Å². The van der Waals surface area contributed by atoms with Gasteiger partial charge in [-0.1, -0.05) is 6.92 Å². The first-order valence-corrected chi connectivity index (χ1v) is 4.20. The summed E-state index contributed by atoms with van der Waals surface area (Å²) in [5.74, 6) is 1.74. The maximum atomic E-state index is 3.41. The molecule has 0 aromatic rings. The summed E-state index contributed by atoms with van der Waals surface area (Å²) in [7, 11) is 2.03. The number of nitrogens with one attached hydrogen (secondary N) is 2. The molecule has 1 heterocycles. The maximum Gasteiger partial charge on any atom is -0.000582 e. The molecular weight excluding hydrogens is 124 g/mol. The minimum atomic E-state index is 0.846. The van der Waals surface area contributed by atoms with E-state index >= 15 is 0 Å². The third-order valence-electron chi connectivity index (χ3n) is 2.45. The average Bonchev–Trinajstić information content (AvgIpc) is 1.94. The Labute approximate surface area is 63.4 Å². The van der Waals surface area contributed by atoms with Gasteiger partial charge >= 0.3 is 0 Å². The van der Waals surface area contributed by atoms with Crippen LogP contribution in [0.1, 0.15) is 13.3 Å². The van der Waals surface area contributed by atoms with Crippen LogP contribution in [-0.2, 0) is 0 Å².